The van der Waals surface area contributed by atoms with Crippen LogP contribution in [0.3, 0.4) is 0 Å². The zero-order chi connectivity index (χ0) is 9.84. The number of rotatable bonds is 4. The highest BCUT2D eigenvalue weighted by Gasteiger charge is 2.10. The Hall–Kier alpha value is -0.0500. The van der Waals surface area contributed by atoms with Gasteiger partial charge < -0.3 is 5.11 Å². The van der Waals surface area contributed by atoms with Crippen molar-refractivity contribution in [1.29, 1.82) is 0 Å². The molecule has 0 aliphatic carbocycles. The van der Waals surface area contributed by atoms with E-state index in [4.69, 9.17) is 11.6 Å². The summed E-state index contributed by atoms with van der Waals surface area (Å²) in [4.78, 5) is 1.18. The molecule has 0 aliphatic heterocycles. The first-order chi connectivity index (χ1) is 6.11. The van der Waals surface area contributed by atoms with Crippen molar-refractivity contribution in [3.63, 3.8) is 0 Å². The molecule has 0 saturated heterocycles. The van der Waals surface area contributed by atoms with Gasteiger partial charge in [0.25, 0.3) is 0 Å². The van der Waals surface area contributed by atoms with Crippen LogP contribution in [0, 0.1) is 5.92 Å². The van der Waals surface area contributed by atoms with Crippen molar-refractivity contribution in [2.75, 3.05) is 0 Å². The molecule has 1 nitrogen and oxygen atoms in total. The fourth-order valence-corrected chi connectivity index (χ4v) is 2.27. The molecule has 1 heterocycles. The third-order valence-corrected chi connectivity index (χ3v) is 3.57. The molecule has 0 amide bonds. The molecule has 74 valence electrons. The molecule has 0 aromatic carbocycles. The minimum Gasteiger partial charge on any atom is -0.393 e. The fourth-order valence-electron chi connectivity index (χ4n) is 1.12. The Bertz CT molecular complexity index is 257. The van der Waals surface area contributed by atoms with Crippen molar-refractivity contribution in [2.45, 2.75) is 32.8 Å². The van der Waals surface area contributed by atoms with Crippen molar-refractivity contribution < 1.29 is 5.11 Å². The van der Waals surface area contributed by atoms with E-state index < -0.39 is 0 Å². The lowest BCUT2D eigenvalue weighted by atomic mass is 10.0. The van der Waals surface area contributed by atoms with Crippen molar-refractivity contribution in [3.8, 4) is 0 Å². The maximum atomic E-state index is 9.58. The van der Waals surface area contributed by atoms with Gasteiger partial charge in [-0.25, -0.2) is 0 Å². The van der Waals surface area contributed by atoms with Crippen LogP contribution in [-0.2, 0) is 6.42 Å². The average Bonchev–Trinajstić information content (AvgIpc) is 2.47. The van der Waals surface area contributed by atoms with Gasteiger partial charge >= 0.3 is 0 Å². The van der Waals surface area contributed by atoms with E-state index in [1.165, 1.54) is 4.88 Å². The SMILES string of the molecule is CC(C)C(O)CCc1sccc1Cl. The Kier molecular flexibility index (Phi) is 4.23. The van der Waals surface area contributed by atoms with Crippen LogP contribution < -0.4 is 0 Å². The topological polar surface area (TPSA) is 20.2 Å². The van der Waals surface area contributed by atoms with Gasteiger partial charge in [0.2, 0.25) is 0 Å². The lowest BCUT2D eigenvalue weighted by Crippen LogP contribution is -2.15. The second-order valence-electron chi connectivity index (χ2n) is 3.54. The third-order valence-electron chi connectivity index (χ3n) is 2.13. The Balaban J connectivity index is 2.39. The maximum absolute atomic E-state index is 9.58. The van der Waals surface area contributed by atoms with Crippen LogP contribution in [0.2, 0.25) is 5.02 Å². The zero-order valence-electron chi connectivity index (χ0n) is 7.96. The first kappa shape index (κ1) is 11.0. The van der Waals surface area contributed by atoms with Crippen molar-refractivity contribution >= 4 is 22.9 Å². The van der Waals surface area contributed by atoms with Gasteiger partial charge in [0.05, 0.1) is 11.1 Å². The second-order valence-corrected chi connectivity index (χ2v) is 4.95. The fraction of sp³-hybridized carbons (Fsp3) is 0.600. The van der Waals surface area contributed by atoms with Gasteiger partial charge in [0, 0.05) is 4.88 Å². The molecule has 13 heavy (non-hydrogen) atoms. The quantitative estimate of drug-likeness (QED) is 0.822. The molecule has 1 rings (SSSR count). The predicted molar refractivity (Wildman–Crippen MR) is 58.5 cm³/mol. The molecule has 0 aliphatic rings. The van der Waals surface area contributed by atoms with Crippen LogP contribution in [0.4, 0.5) is 0 Å². The van der Waals surface area contributed by atoms with Crippen LogP contribution in [0.15, 0.2) is 11.4 Å². The summed E-state index contributed by atoms with van der Waals surface area (Å²) in [5.74, 6) is 0.332. The van der Waals surface area contributed by atoms with Gasteiger partial charge in [-0.05, 0) is 30.2 Å². The van der Waals surface area contributed by atoms with Gasteiger partial charge in [-0.2, -0.15) is 0 Å². The van der Waals surface area contributed by atoms with Crippen LogP contribution in [0.5, 0.6) is 0 Å². The summed E-state index contributed by atoms with van der Waals surface area (Å²) in [5.41, 5.74) is 0. The number of halogens is 1. The van der Waals surface area contributed by atoms with E-state index in [0.29, 0.717) is 5.92 Å². The van der Waals surface area contributed by atoms with Crippen LogP contribution in [-0.4, -0.2) is 11.2 Å². The van der Waals surface area contributed by atoms with Gasteiger partial charge in [0.15, 0.2) is 0 Å². The summed E-state index contributed by atoms with van der Waals surface area (Å²) >= 11 is 7.59. The lowest BCUT2D eigenvalue weighted by Gasteiger charge is -2.13. The molecular formula is C10H15ClOS. The van der Waals surface area contributed by atoms with Gasteiger partial charge in [-0.1, -0.05) is 25.4 Å². The van der Waals surface area contributed by atoms with E-state index >= 15 is 0 Å². The van der Waals surface area contributed by atoms with Gasteiger partial charge in [-0.3, -0.25) is 0 Å². The predicted octanol–water partition coefficient (Wildman–Crippen LogP) is 3.35. The molecule has 1 aromatic rings. The summed E-state index contributed by atoms with van der Waals surface area (Å²) < 4.78 is 0. The lowest BCUT2D eigenvalue weighted by molar-refractivity contribution is 0.117. The monoisotopic (exact) mass is 218 g/mol. The molecule has 1 aromatic heterocycles. The summed E-state index contributed by atoms with van der Waals surface area (Å²) in [6.45, 7) is 4.06. The van der Waals surface area contributed by atoms with E-state index in [2.05, 4.69) is 0 Å². The highest BCUT2D eigenvalue weighted by molar-refractivity contribution is 7.10. The van der Waals surface area contributed by atoms with Crippen LogP contribution >= 0.6 is 22.9 Å². The normalized spacial score (nSPS) is 13.6. The number of thiophene rings is 1. The molecule has 0 spiro atoms. The van der Waals surface area contributed by atoms with Crippen molar-refractivity contribution in [2.24, 2.45) is 5.92 Å². The minimum atomic E-state index is -0.210. The maximum Gasteiger partial charge on any atom is 0.0566 e. The third kappa shape index (κ3) is 3.29. The molecule has 1 unspecified atom stereocenters. The average molecular weight is 219 g/mol. The summed E-state index contributed by atoms with van der Waals surface area (Å²) in [5, 5.41) is 12.4. The van der Waals surface area contributed by atoms with E-state index in [-0.39, 0.29) is 6.10 Å². The Labute approximate surface area is 88.4 Å². The van der Waals surface area contributed by atoms with Gasteiger partial charge in [-0.15, -0.1) is 11.3 Å². The molecule has 0 fully saturated rings. The van der Waals surface area contributed by atoms with E-state index in [0.717, 1.165) is 17.9 Å². The first-order valence-corrected chi connectivity index (χ1v) is 5.77. The highest BCUT2D eigenvalue weighted by Crippen LogP contribution is 2.24. The molecule has 0 saturated carbocycles. The second kappa shape index (κ2) is 4.99. The molecule has 0 radical (unpaired) electrons. The molecule has 1 atom stereocenters. The number of hydrogen-bond acceptors (Lipinski definition) is 2. The van der Waals surface area contributed by atoms with E-state index in [1.807, 2.05) is 25.3 Å². The molecule has 3 heteroatoms. The zero-order valence-corrected chi connectivity index (χ0v) is 9.53. The van der Waals surface area contributed by atoms with Crippen molar-refractivity contribution in [1.82, 2.24) is 0 Å². The Morgan fingerprint density at radius 2 is 2.23 bits per heavy atom. The van der Waals surface area contributed by atoms with Crippen molar-refractivity contribution in [3.05, 3.63) is 21.3 Å². The first-order valence-electron chi connectivity index (χ1n) is 4.51. The summed E-state index contributed by atoms with van der Waals surface area (Å²) in [6.07, 6.45) is 1.48. The number of aliphatic hydroxyl groups is 1. The van der Waals surface area contributed by atoms with Crippen LogP contribution in [0.25, 0.3) is 0 Å². The summed E-state index contributed by atoms with van der Waals surface area (Å²) in [6, 6.07) is 1.91. The number of aliphatic hydroxyl groups excluding tert-OH is 1. The largest absolute Gasteiger partial charge is 0.393 e. The minimum absolute atomic E-state index is 0.210. The highest BCUT2D eigenvalue weighted by atomic mass is 35.5. The molecule has 0 bridgehead atoms. The van der Waals surface area contributed by atoms with E-state index in [9.17, 15) is 5.11 Å². The molecule has 1 N–H and O–H groups in total. The summed E-state index contributed by atoms with van der Waals surface area (Å²) in [7, 11) is 0. The number of hydrogen-bond donors (Lipinski definition) is 1. The standard InChI is InChI=1S/C10H15ClOS/c1-7(2)9(12)3-4-10-8(11)5-6-13-10/h5-7,9,12H,3-4H2,1-2H3. The van der Waals surface area contributed by atoms with Crippen LogP contribution in [0.1, 0.15) is 25.1 Å². The Morgan fingerprint density at radius 1 is 1.54 bits per heavy atom. The Morgan fingerprint density at radius 3 is 2.69 bits per heavy atom. The van der Waals surface area contributed by atoms with E-state index in [1.54, 1.807) is 11.3 Å². The smallest absolute Gasteiger partial charge is 0.0566 e. The molecular weight excluding hydrogens is 204 g/mol. The number of aryl methyl sites for hydroxylation is 1. The van der Waals surface area contributed by atoms with Gasteiger partial charge in [0.1, 0.15) is 0 Å².